The van der Waals surface area contributed by atoms with Gasteiger partial charge in [-0.15, -0.1) is 0 Å². The molecule has 0 fully saturated rings. The monoisotopic (exact) mass is 323 g/mol. The highest BCUT2D eigenvalue weighted by molar-refractivity contribution is 5.33. The van der Waals surface area contributed by atoms with Gasteiger partial charge in [0.05, 0.1) is 12.5 Å². The van der Waals surface area contributed by atoms with Crippen molar-refractivity contribution in [3.05, 3.63) is 22.8 Å². The summed E-state index contributed by atoms with van der Waals surface area (Å²) in [7, 11) is 0. The van der Waals surface area contributed by atoms with E-state index < -0.39 is 47.7 Å². The lowest BCUT2D eigenvalue weighted by atomic mass is 10.1. The summed E-state index contributed by atoms with van der Waals surface area (Å²) in [5, 5.41) is 8.22. The highest BCUT2D eigenvalue weighted by Crippen LogP contribution is 2.44. The molecule has 0 aromatic carbocycles. The topological polar surface area (TPSA) is 49.6 Å². The van der Waals surface area contributed by atoms with Gasteiger partial charge in [0.1, 0.15) is 11.4 Å². The number of nitriles is 1. The maximum absolute atomic E-state index is 12.5. The van der Waals surface area contributed by atoms with Gasteiger partial charge in [0.2, 0.25) is 0 Å². The van der Waals surface area contributed by atoms with Crippen molar-refractivity contribution in [2.75, 3.05) is 0 Å². The molecule has 12 heteroatoms. The summed E-state index contributed by atoms with van der Waals surface area (Å²) in [6.45, 7) is 0. The van der Waals surface area contributed by atoms with Gasteiger partial charge >= 0.3 is 18.5 Å². The van der Waals surface area contributed by atoms with Gasteiger partial charge in [-0.05, 0) is 0 Å². The highest BCUT2D eigenvalue weighted by Gasteiger charge is 2.52. The average Bonchev–Trinajstić information content (AvgIpc) is 2.24. The quantitative estimate of drug-likeness (QED) is 0.742. The first-order valence-electron chi connectivity index (χ1n) is 4.78. The van der Waals surface area contributed by atoms with Gasteiger partial charge in [-0.25, -0.2) is 9.97 Å². The number of halogens is 9. The molecule has 1 rings (SSSR count). The van der Waals surface area contributed by atoms with Gasteiger partial charge in [0, 0.05) is 0 Å². The smallest absolute Gasteiger partial charge is 0.227 e. The van der Waals surface area contributed by atoms with Gasteiger partial charge in [-0.1, -0.05) is 0 Å². The van der Waals surface area contributed by atoms with Crippen molar-refractivity contribution < 1.29 is 39.5 Å². The van der Waals surface area contributed by atoms with Crippen LogP contribution in [0.3, 0.4) is 0 Å². The Morgan fingerprint density at radius 3 is 1.38 bits per heavy atom. The van der Waals surface area contributed by atoms with Crippen LogP contribution in [-0.2, 0) is 24.9 Å². The van der Waals surface area contributed by atoms with Gasteiger partial charge in [-0.3, -0.25) is 0 Å². The third kappa shape index (κ3) is 3.73. The number of nitrogens with zero attached hydrogens (tertiary/aromatic N) is 3. The van der Waals surface area contributed by atoms with Gasteiger partial charge in [-0.2, -0.15) is 44.8 Å². The third-order valence-electron chi connectivity index (χ3n) is 2.01. The van der Waals surface area contributed by atoms with E-state index >= 15 is 0 Å². The Hall–Kier alpha value is -2.06. The van der Waals surface area contributed by atoms with E-state index in [9.17, 15) is 39.5 Å². The van der Waals surface area contributed by atoms with Crippen LogP contribution in [0.4, 0.5) is 39.5 Å². The summed E-state index contributed by atoms with van der Waals surface area (Å²) >= 11 is 0. The van der Waals surface area contributed by atoms with E-state index in [4.69, 9.17) is 5.26 Å². The van der Waals surface area contributed by atoms with Gasteiger partial charge in [0.25, 0.3) is 0 Å². The predicted octanol–water partition coefficient (Wildman–Crippen LogP) is 3.60. The van der Waals surface area contributed by atoms with E-state index in [0.29, 0.717) is 0 Å². The number of alkyl halides is 9. The Balaban J connectivity index is 3.84. The molecular formula is C9H2F9N3. The molecule has 1 aromatic heterocycles. The first-order chi connectivity index (χ1) is 9.28. The molecule has 21 heavy (non-hydrogen) atoms. The molecule has 0 N–H and O–H groups in total. The maximum atomic E-state index is 12.5. The number of aromatic nitrogens is 2. The van der Waals surface area contributed by atoms with Crippen molar-refractivity contribution in [1.82, 2.24) is 9.97 Å². The lowest BCUT2D eigenvalue weighted by Crippen LogP contribution is -2.27. The highest BCUT2D eigenvalue weighted by atomic mass is 19.4. The molecule has 0 radical (unpaired) electrons. The summed E-state index contributed by atoms with van der Waals surface area (Å²) < 4.78 is 113. The minimum atomic E-state index is -5.97. The second kappa shape index (κ2) is 5.05. The molecule has 0 aliphatic rings. The van der Waals surface area contributed by atoms with Crippen LogP contribution in [0.15, 0.2) is 0 Å². The molecule has 1 heterocycles. The molecule has 0 atom stereocenters. The van der Waals surface area contributed by atoms with Crippen molar-refractivity contribution in [2.24, 2.45) is 0 Å². The third-order valence-corrected chi connectivity index (χ3v) is 2.01. The fraction of sp³-hybridized carbons (Fsp3) is 0.444. The van der Waals surface area contributed by atoms with E-state index in [-0.39, 0.29) is 0 Å². The van der Waals surface area contributed by atoms with Crippen molar-refractivity contribution in [3.8, 4) is 6.07 Å². The number of hydrogen-bond acceptors (Lipinski definition) is 3. The van der Waals surface area contributed by atoms with E-state index in [1.165, 1.54) is 0 Å². The fourth-order valence-electron chi connectivity index (χ4n) is 1.34. The Morgan fingerprint density at radius 2 is 1.14 bits per heavy atom. The zero-order valence-electron chi connectivity index (χ0n) is 9.45. The molecule has 1 aromatic rings. The molecule has 0 spiro atoms. The minimum Gasteiger partial charge on any atom is -0.227 e. The summed E-state index contributed by atoms with van der Waals surface area (Å²) in [4.78, 5) is 4.79. The Morgan fingerprint density at radius 1 is 0.762 bits per heavy atom. The molecule has 0 amide bonds. The van der Waals surface area contributed by atoms with Crippen LogP contribution in [0.25, 0.3) is 0 Å². The standard InChI is InChI=1S/C9H2F9N3/c10-7(11,12)4-5(8(13,14)15)20-3(1-2-19)21-6(4)9(16,17)18/h1H2. The normalized spacial score (nSPS) is 13.1. The average molecular weight is 323 g/mol. The van der Waals surface area contributed by atoms with Crippen LogP contribution in [0, 0.1) is 11.3 Å². The van der Waals surface area contributed by atoms with Crippen LogP contribution >= 0.6 is 0 Å². The van der Waals surface area contributed by atoms with E-state index in [2.05, 4.69) is 9.97 Å². The van der Waals surface area contributed by atoms with E-state index in [1.807, 2.05) is 0 Å². The summed E-state index contributed by atoms with van der Waals surface area (Å²) in [5.74, 6) is -1.30. The Kier molecular flexibility index (Phi) is 4.08. The van der Waals surface area contributed by atoms with Crippen LogP contribution in [0.1, 0.15) is 22.8 Å². The van der Waals surface area contributed by atoms with Gasteiger partial charge < -0.3 is 0 Å². The lowest BCUT2D eigenvalue weighted by Gasteiger charge is -2.19. The SMILES string of the molecule is N#CCc1nc(C(F)(F)F)c(C(F)(F)F)c(C(F)(F)F)n1. The Bertz CT molecular complexity index is 541. The van der Waals surface area contributed by atoms with E-state index in [1.54, 1.807) is 0 Å². The molecule has 116 valence electrons. The number of hydrogen-bond donors (Lipinski definition) is 0. The molecule has 0 saturated carbocycles. The van der Waals surface area contributed by atoms with Crippen LogP contribution in [0.5, 0.6) is 0 Å². The van der Waals surface area contributed by atoms with Crippen molar-refractivity contribution in [1.29, 1.82) is 5.26 Å². The van der Waals surface area contributed by atoms with Crippen LogP contribution in [-0.4, -0.2) is 9.97 Å². The second-order valence-electron chi connectivity index (χ2n) is 3.54. The fourth-order valence-corrected chi connectivity index (χ4v) is 1.34. The first-order valence-corrected chi connectivity index (χ1v) is 4.78. The predicted molar refractivity (Wildman–Crippen MR) is 46.4 cm³/mol. The Labute approximate surface area is 110 Å². The largest absolute Gasteiger partial charge is 0.434 e. The first kappa shape index (κ1) is 17.0. The second-order valence-corrected chi connectivity index (χ2v) is 3.54. The molecule has 0 saturated heterocycles. The summed E-state index contributed by atoms with van der Waals surface area (Å²) in [6, 6.07) is 1.16. The maximum Gasteiger partial charge on any atom is 0.434 e. The van der Waals surface area contributed by atoms with Crippen LogP contribution < -0.4 is 0 Å². The molecule has 0 unspecified atom stereocenters. The van der Waals surface area contributed by atoms with Crippen LogP contribution in [0.2, 0.25) is 0 Å². The molecule has 3 nitrogen and oxygen atoms in total. The molecule has 0 bridgehead atoms. The molecule has 0 aliphatic heterocycles. The van der Waals surface area contributed by atoms with Crippen molar-refractivity contribution in [2.45, 2.75) is 24.9 Å². The zero-order valence-corrected chi connectivity index (χ0v) is 9.45. The van der Waals surface area contributed by atoms with Crippen molar-refractivity contribution >= 4 is 0 Å². The number of rotatable bonds is 1. The lowest BCUT2D eigenvalue weighted by molar-refractivity contribution is -0.178. The van der Waals surface area contributed by atoms with Gasteiger partial charge in [0.15, 0.2) is 11.4 Å². The van der Waals surface area contributed by atoms with Crippen molar-refractivity contribution in [3.63, 3.8) is 0 Å². The van der Waals surface area contributed by atoms with E-state index in [0.717, 1.165) is 6.07 Å². The molecule has 0 aliphatic carbocycles. The molecular weight excluding hydrogens is 321 g/mol. The summed E-state index contributed by atoms with van der Waals surface area (Å²) in [5.41, 5.74) is -8.57. The minimum absolute atomic E-state index is 1.11. The zero-order chi connectivity index (χ0) is 16.6. The summed E-state index contributed by atoms with van der Waals surface area (Å²) in [6.07, 6.45) is -18.7.